The summed E-state index contributed by atoms with van der Waals surface area (Å²) in [6.45, 7) is 2.59. The molecule has 1 aliphatic heterocycles. The predicted molar refractivity (Wildman–Crippen MR) is 137 cm³/mol. The summed E-state index contributed by atoms with van der Waals surface area (Å²) in [5, 5.41) is 11.0. The summed E-state index contributed by atoms with van der Waals surface area (Å²) in [4.78, 5) is 26.2. The van der Waals surface area contributed by atoms with Crippen molar-refractivity contribution >= 4 is 33.7 Å². The van der Waals surface area contributed by atoms with Crippen LogP contribution >= 0.6 is 0 Å². The van der Waals surface area contributed by atoms with E-state index in [1.165, 1.54) is 0 Å². The Morgan fingerprint density at radius 2 is 1.69 bits per heavy atom. The Morgan fingerprint density at radius 3 is 2.50 bits per heavy atom. The highest BCUT2D eigenvalue weighted by Crippen LogP contribution is 2.25. The van der Waals surface area contributed by atoms with Crippen LogP contribution in [-0.4, -0.2) is 69.1 Å². The van der Waals surface area contributed by atoms with E-state index in [-0.39, 0.29) is 5.91 Å². The standard InChI is InChI=1S/C27H25N7O2/c1-36-22-11-9-21(10-12-22)34-27-25(30-31-34)26(28-18-29-27)33-15-13-32(14-16-33)24(35)17-20-7-4-6-19-5-2-3-8-23(19)20/h2-12,18H,13-17H2,1H3. The van der Waals surface area contributed by atoms with Crippen LogP contribution in [0.5, 0.6) is 5.75 Å². The molecule has 0 spiro atoms. The van der Waals surface area contributed by atoms with E-state index in [0.717, 1.165) is 33.6 Å². The Labute approximate surface area is 207 Å². The topological polar surface area (TPSA) is 89.3 Å². The molecule has 0 saturated carbocycles. The zero-order valence-corrected chi connectivity index (χ0v) is 19.9. The first-order valence-corrected chi connectivity index (χ1v) is 11.9. The predicted octanol–water partition coefficient (Wildman–Crippen LogP) is 3.26. The number of methoxy groups -OCH3 is 1. The first-order chi connectivity index (χ1) is 17.7. The summed E-state index contributed by atoms with van der Waals surface area (Å²) in [5.41, 5.74) is 3.18. The summed E-state index contributed by atoms with van der Waals surface area (Å²) >= 11 is 0. The number of anilines is 1. The second-order valence-electron chi connectivity index (χ2n) is 8.75. The van der Waals surface area contributed by atoms with Crippen molar-refractivity contribution in [2.24, 2.45) is 0 Å². The molecule has 2 aromatic heterocycles. The van der Waals surface area contributed by atoms with Crippen LogP contribution in [0.3, 0.4) is 0 Å². The monoisotopic (exact) mass is 479 g/mol. The fourth-order valence-electron chi connectivity index (χ4n) is 4.75. The molecule has 0 N–H and O–H groups in total. The van der Waals surface area contributed by atoms with Gasteiger partial charge in [0.15, 0.2) is 17.0 Å². The van der Waals surface area contributed by atoms with Crippen LogP contribution in [-0.2, 0) is 11.2 Å². The normalized spacial score (nSPS) is 13.9. The molecular formula is C27H25N7O2. The zero-order valence-electron chi connectivity index (χ0n) is 19.9. The van der Waals surface area contributed by atoms with Gasteiger partial charge in [0.1, 0.15) is 12.1 Å². The maximum atomic E-state index is 13.1. The number of ether oxygens (including phenoxy) is 1. The van der Waals surface area contributed by atoms with Crippen LogP contribution in [0.1, 0.15) is 5.56 Å². The SMILES string of the molecule is COc1ccc(-n2nnc3c(N4CCN(C(=O)Cc5cccc6ccccc56)CC4)ncnc32)cc1. The maximum Gasteiger partial charge on any atom is 0.227 e. The molecule has 0 atom stereocenters. The third-order valence-electron chi connectivity index (χ3n) is 6.69. The summed E-state index contributed by atoms with van der Waals surface area (Å²) in [6.07, 6.45) is 1.94. The Kier molecular flexibility index (Phi) is 5.65. The summed E-state index contributed by atoms with van der Waals surface area (Å²) in [7, 11) is 1.64. The van der Waals surface area contributed by atoms with Crippen molar-refractivity contribution in [1.29, 1.82) is 0 Å². The number of amides is 1. The highest BCUT2D eigenvalue weighted by Gasteiger charge is 2.25. The molecule has 1 saturated heterocycles. The molecule has 9 nitrogen and oxygen atoms in total. The molecule has 5 aromatic rings. The van der Waals surface area contributed by atoms with E-state index in [4.69, 9.17) is 4.74 Å². The summed E-state index contributed by atoms with van der Waals surface area (Å²) in [6, 6.07) is 21.9. The minimum Gasteiger partial charge on any atom is -0.497 e. The van der Waals surface area contributed by atoms with Gasteiger partial charge >= 0.3 is 0 Å². The number of carbonyl (C=O) groups excluding carboxylic acids is 1. The molecule has 36 heavy (non-hydrogen) atoms. The molecule has 0 radical (unpaired) electrons. The van der Waals surface area contributed by atoms with E-state index < -0.39 is 0 Å². The molecule has 1 aliphatic rings. The number of carbonyl (C=O) groups is 1. The van der Waals surface area contributed by atoms with Crippen LogP contribution in [0.15, 0.2) is 73.1 Å². The van der Waals surface area contributed by atoms with E-state index in [0.29, 0.717) is 43.8 Å². The number of fused-ring (bicyclic) bond motifs is 2. The molecular weight excluding hydrogens is 454 g/mol. The number of hydrogen-bond acceptors (Lipinski definition) is 7. The summed E-state index contributed by atoms with van der Waals surface area (Å²) < 4.78 is 6.94. The average Bonchev–Trinajstić information content (AvgIpc) is 3.38. The van der Waals surface area contributed by atoms with Gasteiger partial charge in [-0.05, 0) is 40.6 Å². The Balaban J connectivity index is 1.17. The second-order valence-corrected chi connectivity index (χ2v) is 8.75. The molecule has 180 valence electrons. The third kappa shape index (κ3) is 3.98. The van der Waals surface area contributed by atoms with Gasteiger partial charge in [-0.1, -0.05) is 47.7 Å². The van der Waals surface area contributed by atoms with Crippen LogP contribution in [0, 0.1) is 0 Å². The zero-order chi connectivity index (χ0) is 24.5. The number of benzene rings is 3. The van der Waals surface area contributed by atoms with Crippen molar-refractivity contribution in [2.75, 3.05) is 38.2 Å². The quantitative estimate of drug-likeness (QED) is 0.382. The van der Waals surface area contributed by atoms with Gasteiger partial charge in [0.25, 0.3) is 0 Å². The van der Waals surface area contributed by atoms with Crippen molar-refractivity contribution in [1.82, 2.24) is 29.9 Å². The fourth-order valence-corrected chi connectivity index (χ4v) is 4.75. The Hall–Kier alpha value is -4.53. The van der Waals surface area contributed by atoms with Crippen LogP contribution in [0.2, 0.25) is 0 Å². The third-order valence-corrected chi connectivity index (χ3v) is 6.69. The van der Waals surface area contributed by atoms with E-state index in [1.54, 1.807) is 18.1 Å². The second kappa shape index (κ2) is 9.26. The van der Waals surface area contributed by atoms with Crippen molar-refractivity contribution in [3.63, 3.8) is 0 Å². The van der Waals surface area contributed by atoms with Crippen molar-refractivity contribution < 1.29 is 9.53 Å². The van der Waals surface area contributed by atoms with Gasteiger partial charge in [0, 0.05) is 26.2 Å². The molecule has 1 amide bonds. The minimum absolute atomic E-state index is 0.143. The van der Waals surface area contributed by atoms with E-state index >= 15 is 0 Å². The van der Waals surface area contributed by atoms with Gasteiger partial charge in [-0.15, -0.1) is 5.10 Å². The molecule has 0 unspecified atom stereocenters. The highest BCUT2D eigenvalue weighted by molar-refractivity contribution is 5.90. The Bertz CT molecular complexity index is 1530. The first kappa shape index (κ1) is 22.0. The molecule has 1 fully saturated rings. The lowest BCUT2D eigenvalue weighted by Gasteiger charge is -2.35. The molecule has 0 aliphatic carbocycles. The molecule has 9 heteroatoms. The number of nitrogens with zero attached hydrogens (tertiary/aromatic N) is 7. The van der Waals surface area contributed by atoms with Gasteiger partial charge in [0.05, 0.1) is 19.2 Å². The van der Waals surface area contributed by atoms with E-state index in [1.807, 2.05) is 53.4 Å². The highest BCUT2D eigenvalue weighted by atomic mass is 16.5. The van der Waals surface area contributed by atoms with E-state index in [9.17, 15) is 4.79 Å². The number of hydrogen-bond donors (Lipinski definition) is 0. The Morgan fingerprint density at radius 1 is 0.917 bits per heavy atom. The van der Waals surface area contributed by atoms with Crippen molar-refractivity contribution in [2.45, 2.75) is 6.42 Å². The fraction of sp³-hybridized carbons (Fsp3) is 0.222. The van der Waals surface area contributed by atoms with Crippen LogP contribution < -0.4 is 9.64 Å². The lowest BCUT2D eigenvalue weighted by molar-refractivity contribution is -0.130. The largest absolute Gasteiger partial charge is 0.497 e. The van der Waals surface area contributed by atoms with Gasteiger partial charge in [0.2, 0.25) is 5.91 Å². The molecule has 0 bridgehead atoms. The molecule has 3 heterocycles. The van der Waals surface area contributed by atoms with Crippen molar-refractivity contribution in [3.8, 4) is 11.4 Å². The van der Waals surface area contributed by atoms with Gasteiger partial charge in [-0.25, -0.2) is 9.97 Å². The maximum absolute atomic E-state index is 13.1. The minimum atomic E-state index is 0.143. The van der Waals surface area contributed by atoms with Crippen LogP contribution in [0.25, 0.3) is 27.6 Å². The summed E-state index contributed by atoms with van der Waals surface area (Å²) in [5.74, 6) is 1.65. The van der Waals surface area contributed by atoms with E-state index in [2.05, 4.69) is 43.4 Å². The molecule has 3 aromatic carbocycles. The number of aromatic nitrogens is 5. The van der Waals surface area contributed by atoms with Crippen LogP contribution in [0.4, 0.5) is 5.82 Å². The number of piperazine rings is 1. The number of rotatable bonds is 5. The van der Waals surface area contributed by atoms with Gasteiger partial charge in [-0.2, -0.15) is 4.68 Å². The lowest BCUT2D eigenvalue weighted by atomic mass is 10.0. The lowest BCUT2D eigenvalue weighted by Crippen LogP contribution is -2.49. The smallest absolute Gasteiger partial charge is 0.227 e. The first-order valence-electron chi connectivity index (χ1n) is 11.9. The van der Waals surface area contributed by atoms with Crippen molar-refractivity contribution in [3.05, 3.63) is 78.6 Å². The van der Waals surface area contributed by atoms with Gasteiger partial charge < -0.3 is 14.5 Å². The van der Waals surface area contributed by atoms with Gasteiger partial charge in [-0.3, -0.25) is 4.79 Å². The average molecular weight is 480 g/mol. The molecule has 6 rings (SSSR count).